The molecule has 2 heterocycles. The summed E-state index contributed by atoms with van der Waals surface area (Å²) in [5.41, 5.74) is 3.94. The molecule has 1 fully saturated rings. The van der Waals surface area contributed by atoms with Crippen molar-refractivity contribution in [3.8, 4) is 0 Å². The summed E-state index contributed by atoms with van der Waals surface area (Å²) in [5, 5.41) is 10.4. The number of carbonyl (C=O) groups is 2. The number of nitrogens with zero attached hydrogens (tertiary/aromatic N) is 4. The number of hydrogen-bond acceptors (Lipinski definition) is 4. The normalized spacial score (nSPS) is 17.2. The highest BCUT2D eigenvalue weighted by molar-refractivity contribution is 5.91. The number of aryl methyl sites for hydroxylation is 2. The Kier molecular flexibility index (Phi) is 4.83. The van der Waals surface area contributed by atoms with Gasteiger partial charge in [-0.2, -0.15) is 0 Å². The summed E-state index contributed by atoms with van der Waals surface area (Å²) in [7, 11) is 1.56. The molecule has 2 amide bonds. The van der Waals surface area contributed by atoms with E-state index in [1.54, 1.807) is 17.9 Å². The van der Waals surface area contributed by atoms with E-state index >= 15 is 0 Å². The van der Waals surface area contributed by atoms with Gasteiger partial charge in [0, 0.05) is 39.0 Å². The zero-order valence-corrected chi connectivity index (χ0v) is 14.8. The van der Waals surface area contributed by atoms with Crippen molar-refractivity contribution in [1.29, 1.82) is 0 Å². The molecule has 7 heteroatoms. The average molecular weight is 341 g/mol. The quantitative estimate of drug-likeness (QED) is 0.889. The summed E-state index contributed by atoms with van der Waals surface area (Å²) in [6.07, 6.45) is 2.12. The number of nitrogens with one attached hydrogen (secondary N) is 1. The third kappa shape index (κ3) is 3.87. The molecule has 1 aromatic heterocycles. The highest BCUT2D eigenvalue weighted by Gasteiger charge is 2.30. The van der Waals surface area contributed by atoms with Gasteiger partial charge in [0.05, 0.1) is 6.20 Å². The van der Waals surface area contributed by atoms with E-state index in [1.165, 1.54) is 11.1 Å². The molecule has 7 nitrogen and oxygen atoms in total. The van der Waals surface area contributed by atoms with Crippen molar-refractivity contribution in [3.63, 3.8) is 0 Å². The fourth-order valence-electron chi connectivity index (χ4n) is 3.14. The second-order valence-corrected chi connectivity index (χ2v) is 6.67. The molecule has 1 aliphatic heterocycles. The van der Waals surface area contributed by atoms with Crippen molar-refractivity contribution in [2.75, 3.05) is 13.6 Å². The predicted octanol–water partition coefficient (Wildman–Crippen LogP) is 1.30. The fraction of sp³-hybridized carbons (Fsp3) is 0.444. The Labute approximate surface area is 147 Å². The monoisotopic (exact) mass is 341 g/mol. The van der Waals surface area contributed by atoms with Crippen LogP contribution >= 0.6 is 0 Å². The van der Waals surface area contributed by atoms with Crippen LogP contribution in [0.25, 0.3) is 0 Å². The number of hydrogen-bond donors (Lipinski definition) is 1. The lowest BCUT2D eigenvalue weighted by molar-refractivity contribution is -0.128. The Hall–Kier alpha value is -2.70. The van der Waals surface area contributed by atoms with Crippen molar-refractivity contribution in [1.82, 2.24) is 25.2 Å². The summed E-state index contributed by atoms with van der Waals surface area (Å²) in [4.78, 5) is 25.7. The lowest BCUT2D eigenvalue weighted by atomic mass is 10.1. The number of carbonyl (C=O) groups excluding carboxylic acids is 2. The minimum atomic E-state index is -0.259. The minimum Gasteiger partial charge on any atom is -0.354 e. The third-order valence-electron chi connectivity index (χ3n) is 4.68. The van der Waals surface area contributed by atoms with Crippen LogP contribution in [0.15, 0.2) is 24.4 Å². The molecule has 0 saturated carbocycles. The first kappa shape index (κ1) is 17.1. The van der Waals surface area contributed by atoms with Crippen LogP contribution in [0.3, 0.4) is 0 Å². The van der Waals surface area contributed by atoms with E-state index in [9.17, 15) is 9.59 Å². The Morgan fingerprint density at radius 1 is 1.32 bits per heavy atom. The van der Waals surface area contributed by atoms with Crippen LogP contribution in [-0.2, 0) is 17.9 Å². The maximum absolute atomic E-state index is 12.3. The van der Waals surface area contributed by atoms with E-state index in [4.69, 9.17) is 0 Å². The molecular formula is C18H23N5O2. The molecule has 0 radical (unpaired) electrons. The SMILES string of the molecule is CNC(=O)c1cn(CC2CC(=O)N(Cc3ccc(C)c(C)c3)C2)nn1. The van der Waals surface area contributed by atoms with Crippen molar-refractivity contribution < 1.29 is 9.59 Å². The molecule has 1 aliphatic rings. The molecule has 1 N–H and O–H groups in total. The van der Waals surface area contributed by atoms with Crippen LogP contribution in [0.2, 0.25) is 0 Å². The molecule has 1 saturated heterocycles. The summed E-state index contributed by atoms with van der Waals surface area (Å²) in [6, 6.07) is 6.32. The van der Waals surface area contributed by atoms with Crippen LogP contribution in [0.1, 0.15) is 33.6 Å². The second-order valence-electron chi connectivity index (χ2n) is 6.67. The number of benzene rings is 1. The lowest BCUT2D eigenvalue weighted by Crippen LogP contribution is -2.25. The van der Waals surface area contributed by atoms with Gasteiger partial charge in [0.1, 0.15) is 0 Å². The summed E-state index contributed by atoms with van der Waals surface area (Å²) in [5.74, 6) is 0.0817. The van der Waals surface area contributed by atoms with E-state index in [0.717, 1.165) is 5.56 Å². The molecule has 2 aromatic rings. The van der Waals surface area contributed by atoms with Gasteiger partial charge < -0.3 is 10.2 Å². The Bertz CT molecular complexity index is 799. The number of likely N-dealkylation sites (tertiary alicyclic amines) is 1. The predicted molar refractivity (Wildman–Crippen MR) is 92.9 cm³/mol. The van der Waals surface area contributed by atoms with Gasteiger partial charge in [-0.25, -0.2) is 0 Å². The van der Waals surface area contributed by atoms with E-state index in [2.05, 4.69) is 47.7 Å². The molecule has 3 rings (SSSR count). The molecule has 1 aromatic carbocycles. The standard InChI is InChI=1S/C18H23N5O2/c1-12-4-5-14(6-13(12)2)8-22-9-15(7-17(22)24)10-23-11-16(20-21-23)18(25)19-3/h4-6,11,15H,7-10H2,1-3H3,(H,19,25). The van der Waals surface area contributed by atoms with Crippen LogP contribution in [-0.4, -0.2) is 45.3 Å². The van der Waals surface area contributed by atoms with Crippen molar-refractivity contribution in [3.05, 3.63) is 46.8 Å². The van der Waals surface area contributed by atoms with Crippen LogP contribution in [0, 0.1) is 19.8 Å². The van der Waals surface area contributed by atoms with Crippen molar-refractivity contribution in [2.24, 2.45) is 5.92 Å². The fourth-order valence-corrected chi connectivity index (χ4v) is 3.14. The van der Waals surface area contributed by atoms with E-state index in [-0.39, 0.29) is 17.7 Å². The van der Waals surface area contributed by atoms with Gasteiger partial charge in [-0.3, -0.25) is 14.3 Å². The first-order chi connectivity index (χ1) is 12.0. The largest absolute Gasteiger partial charge is 0.354 e. The first-order valence-electron chi connectivity index (χ1n) is 8.42. The lowest BCUT2D eigenvalue weighted by Gasteiger charge is -2.17. The van der Waals surface area contributed by atoms with Gasteiger partial charge in [-0.15, -0.1) is 5.10 Å². The number of amides is 2. The molecule has 132 valence electrons. The second kappa shape index (κ2) is 7.04. The summed E-state index contributed by atoms with van der Waals surface area (Å²) in [6.45, 7) is 6.08. The summed E-state index contributed by atoms with van der Waals surface area (Å²) >= 11 is 0. The molecule has 25 heavy (non-hydrogen) atoms. The highest BCUT2D eigenvalue weighted by Crippen LogP contribution is 2.22. The van der Waals surface area contributed by atoms with E-state index < -0.39 is 0 Å². The number of aromatic nitrogens is 3. The van der Waals surface area contributed by atoms with Crippen LogP contribution in [0.4, 0.5) is 0 Å². The van der Waals surface area contributed by atoms with Crippen molar-refractivity contribution >= 4 is 11.8 Å². The smallest absolute Gasteiger partial charge is 0.273 e. The summed E-state index contributed by atoms with van der Waals surface area (Å²) < 4.78 is 1.64. The molecule has 0 spiro atoms. The van der Waals surface area contributed by atoms with Crippen molar-refractivity contribution in [2.45, 2.75) is 33.4 Å². The highest BCUT2D eigenvalue weighted by atomic mass is 16.2. The van der Waals surface area contributed by atoms with Gasteiger partial charge in [0.25, 0.3) is 5.91 Å². The Balaban J connectivity index is 1.61. The molecule has 0 bridgehead atoms. The molecule has 1 atom stereocenters. The molecule has 1 unspecified atom stereocenters. The topological polar surface area (TPSA) is 80.1 Å². The van der Waals surface area contributed by atoms with Gasteiger partial charge in [-0.05, 0) is 30.5 Å². The number of rotatable bonds is 5. The van der Waals surface area contributed by atoms with Gasteiger partial charge in [0.2, 0.25) is 5.91 Å². The van der Waals surface area contributed by atoms with Crippen LogP contribution in [0.5, 0.6) is 0 Å². The first-order valence-corrected chi connectivity index (χ1v) is 8.42. The van der Waals surface area contributed by atoms with Gasteiger partial charge >= 0.3 is 0 Å². The van der Waals surface area contributed by atoms with Crippen LogP contribution < -0.4 is 5.32 Å². The maximum atomic E-state index is 12.3. The van der Waals surface area contributed by atoms with E-state index in [0.29, 0.717) is 31.7 Å². The molecule has 0 aliphatic carbocycles. The zero-order chi connectivity index (χ0) is 18.0. The zero-order valence-electron chi connectivity index (χ0n) is 14.8. The maximum Gasteiger partial charge on any atom is 0.273 e. The average Bonchev–Trinajstić information content (AvgIpc) is 3.18. The van der Waals surface area contributed by atoms with Gasteiger partial charge in [0.15, 0.2) is 5.69 Å². The third-order valence-corrected chi connectivity index (χ3v) is 4.68. The van der Waals surface area contributed by atoms with Gasteiger partial charge in [-0.1, -0.05) is 23.4 Å². The van der Waals surface area contributed by atoms with E-state index in [1.807, 2.05) is 4.90 Å². The molecular weight excluding hydrogens is 318 g/mol. The Morgan fingerprint density at radius 2 is 2.12 bits per heavy atom. The minimum absolute atomic E-state index is 0.162. The Morgan fingerprint density at radius 3 is 2.84 bits per heavy atom.